The molecule has 0 spiro atoms. The van der Waals surface area contributed by atoms with Gasteiger partial charge in [-0.15, -0.1) is 0 Å². The summed E-state index contributed by atoms with van der Waals surface area (Å²) in [6.07, 6.45) is 90.1. The second-order valence-electron chi connectivity index (χ2n) is 20.5. The van der Waals surface area contributed by atoms with Gasteiger partial charge < -0.3 is 14.2 Å². The van der Waals surface area contributed by atoms with Gasteiger partial charge in [0.05, 0.1) is 0 Å². The smallest absolute Gasteiger partial charge is 0.306 e. The van der Waals surface area contributed by atoms with Crippen LogP contribution < -0.4 is 0 Å². The van der Waals surface area contributed by atoms with E-state index in [4.69, 9.17) is 14.2 Å². The normalized spacial score (nSPS) is 13.0. The maximum atomic E-state index is 12.9. The Balaban J connectivity index is 4.47. The van der Waals surface area contributed by atoms with Crippen molar-refractivity contribution in [2.75, 3.05) is 13.2 Å². The molecule has 0 amide bonds. The molecule has 6 heteroatoms. The molecule has 0 aliphatic rings. The molecule has 0 radical (unpaired) electrons. The lowest BCUT2D eigenvalue weighted by Crippen LogP contribution is -2.30. The molecular weight excluding hydrogens is 949 g/mol. The van der Waals surface area contributed by atoms with Gasteiger partial charge in [-0.05, 0) is 135 Å². The lowest BCUT2D eigenvalue weighted by atomic mass is 10.1. The molecule has 0 aromatic carbocycles. The van der Waals surface area contributed by atoms with E-state index in [9.17, 15) is 14.4 Å². The fourth-order valence-electron chi connectivity index (χ4n) is 8.43. The molecule has 0 aromatic rings. The zero-order valence-corrected chi connectivity index (χ0v) is 49.9. The number of rotatable bonds is 56. The van der Waals surface area contributed by atoms with E-state index < -0.39 is 6.10 Å². The number of carbonyl (C=O) groups is 3. The molecule has 1 unspecified atom stereocenters. The van der Waals surface area contributed by atoms with Crippen LogP contribution in [0.2, 0.25) is 0 Å². The fraction of sp³-hybridized carbons (Fsp3) is 0.648. The molecule has 0 aliphatic heterocycles. The van der Waals surface area contributed by atoms with Gasteiger partial charge in [0, 0.05) is 19.3 Å². The van der Waals surface area contributed by atoms with Crippen LogP contribution in [0, 0.1) is 0 Å². The highest BCUT2D eigenvalue weighted by molar-refractivity contribution is 5.71. The number of hydrogen-bond donors (Lipinski definition) is 0. The van der Waals surface area contributed by atoms with Crippen LogP contribution in [0.25, 0.3) is 0 Å². The van der Waals surface area contributed by atoms with Crippen LogP contribution >= 0.6 is 0 Å². The largest absolute Gasteiger partial charge is 0.462 e. The monoisotopic (exact) mass is 1060 g/mol. The lowest BCUT2D eigenvalue weighted by Gasteiger charge is -2.18. The highest BCUT2D eigenvalue weighted by Crippen LogP contribution is 2.15. The predicted molar refractivity (Wildman–Crippen MR) is 334 cm³/mol. The van der Waals surface area contributed by atoms with E-state index in [1.54, 1.807) is 0 Å². The number of hydrogen-bond acceptors (Lipinski definition) is 6. The van der Waals surface area contributed by atoms with E-state index in [1.165, 1.54) is 83.5 Å². The predicted octanol–water partition coefficient (Wildman–Crippen LogP) is 21.8. The quantitative estimate of drug-likeness (QED) is 0.0261. The Kier molecular flexibility index (Phi) is 60.4. The van der Waals surface area contributed by atoms with Gasteiger partial charge in [-0.1, -0.05) is 257 Å². The van der Waals surface area contributed by atoms with E-state index >= 15 is 0 Å². The van der Waals surface area contributed by atoms with Gasteiger partial charge in [0.1, 0.15) is 13.2 Å². The first-order valence-electron chi connectivity index (χ1n) is 31.7. The third kappa shape index (κ3) is 62.3. The zero-order chi connectivity index (χ0) is 55.7. The van der Waals surface area contributed by atoms with Crippen molar-refractivity contribution in [1.82, 2.24) is 0 Å². The number of esters is 3. The van der Waals surface area contributed by atoms with Crippen molar-refractivity contribution in [3.8, 4) is 0 Å². The Bertz CT molecular complexity index is 1650. The third-order valence-electron chi connectivity index (χ3n) is 13.1. The average Bonchev–Trinajstić information content (AvgIpc) is 3.43. The molecule has 436 valence electrons. The van der Waals surface area contributed by atoms with Crippen LogP contribution in [-0.4, -0.2) is 37.2 Å². The molecule has 0 bridgehead atoms. The SMILES string of the molecule is CC/C=C\C/C=C\C/C=C\C/C=C\CCCCCCCCCCC(=O)OCC(COC(=O)CCCCCCCC/C=C\C/C=C\C/C=C\CCCCC)OC(=O)CCCCCCCC/C=C\C/C=C\C/C=C\C/C=C\CC. The third-order valence-corrected chi connectivity index (χ3v) is 13.1. The summed E-state index contributed by atoms with van der Waals surface area (Å²) < 4.78 is 16.9. The van der Waals surface area contributed by atoms with Crippen LogP contribution in [0.4, 0.5) is 0 Å². The van der Waals surface area contributed by atoms with Crippen molar-refractivity contribution in [3.05, 3.63) is 134 Å². The van der Waals surface area contributed by atoms with Gasteiger partial charge in [0.2, 0.25) is 0 Å². The minimum Gasteiger partial charge on any atom is -0.462 e. The van der Waals surface area contributed by atoms with Crippen molar-refractivity contribution in [3.63, 3.8) is 0 Å². The Hall–Kier alpha value is -4.45. The Morgan fingerprint density at radius 2 is 0.506 bits per heavy atom. The summed E-state index contributed by atoms with van der Waals surface area (Å²) in [5.74, 6) is -0.928. The van der Waals surface area contributed by atoms with Crippen molar-refractivity contribution in [2.24, 2.45) is 0 Å². The van der Waals surface area contributed by atoms with Gasteiger partial charge in [-0.25, -0.2) is 0 Å². The van der Waals surface area contributed by atoms with Crippen molar-refractivity contribution in [1.29, 1.82) is 0 Å². The lowest BCUT2D eigenvalue weighted by molar-refractivity contribution is -0.167. The van der Waals surface area contributed by atoms with Crippen molar-refractivity contribution < 1.29 is 28.6 Å². The fourth-order valence-corrected chi connectivity index (χ4v) is 8.43. The van der Waals surface area contributed by atoms with E-state index in [-0.39, 0.29) is 31.1 Å². The van der Waals surface area contributed by atoms with Gasteiger partial charge in [0.15, 0.2) is 6.10 Å². The summed E-state index contributed by atoms with van der Waals surface area (Å²) in [4.78, 5) is 38.4. The number of ether oxygens (including phenoxy) is 3. The highest BCUT2D eigenvalue weighted by Gasteiger charge is 2.19. The highest BCUT2D eigenvalue weighted by atomic mass is 16.6. The molecule has 1 atom stereocenters. The molecule has 6 nitrogen and oxygen atoms in total. The maximum Gasteiger partial charge on any atom is 0.306 e. The molecule has 0 saturated carbocycles. The average molecular weight is 1070 g/mol. The molecule has 77 heavy (non-hydrogen) atoms. The summed E-state index contributed by atoms with van der Waals surface area (Å²) >= 11 is 0. The van der Waals surface area contributed by atoms with Crippen LogP contribution in [0.1, 0.15) is 278 Å². The van der Waals surface area contributed by atoms with Gasteiger partial charge in [-0.2, -0.15) is 0 Å². The first-order valence-corrected chi connectivity index (χ1v) is 31.7. The molecule has 0 rings (SSSR count). The molecule has 0 heterocycles. The second kappa shape index (κ2) is 64.1. The standard InChI is InChI=1S/C71H116O6/c1-4-7-10-13-16-19-22-25-28-31-34-35-38-40-43-46-49-52-55-58-61-64-70(73)76-67-68(77-71(74)65-62-59-56-53-50-47-44-41-37-33-30-27-24-21-18-15-12-9-6-3)66-75-69(72)63-60-57-54-51-48-45-42-39-36-32-29-26-23-20-17-14-11-8-5-2/h7,9-10,12,16-21,25-30,34-37,39,41,68H,4-6,8,11,13-15,22-24,31-33,38,40,42-67H2,1-3H3/b10-7-,12-9-,19-16-,20-17-,21-18-,28-25-,29-26-,30-27-,35-34-,39-36-,41-37-. The van der Waals surface area contributed by atoms with Crippen LogP contribution in [-0.2, 0) is 28.6 Å². The van der Waals surface area contributed by atoms with Gasteiger partial charge in [-0.3, -0.25) is 14.4 Å². The first kappa shape index (κ1) is 72.5. The Morgan fingerprint density at radius 1 is 0.273 bits per heavy atom. The van der Waals surface area contributed by atoms with Crippen LogP contribution in [0.15, 0.2) is 134 Å². The molecule has 0 fully saturated rings. The Labute approximate surface area is 475 Å². The molecule has 0 aliphatic carbocycles. The summed E-state index contributed by atoms with van der Waals surface area (Å²) in [5, 5.41) is 0. The minimum atomic E-state index is -0.802. The van der Waals surface area contributed by atoms with E-state index in [1.807, 2.05) is 0 Å². The van der Waals surface area contributed by atoms with Gasteiger partial charge in [0.25, 0.3) is 0 Å². The second-order valence-corrected chi connectivity index (χ2v) is 20.5. The maximum absolute atomic E-state index is 12.9. The van der Waals surface area contributed by atoms with E-state index in [0.717, 1.165) is 154 Å². The summed E-state index contributed by atoms with van der Waals surface area (Å²) in [6, 6.07) is 0. The summed E-state index contributed by atoms with van der Waals surface area (Å²) in [6.45, 7) is 6.37. The number of carbonyl (C=O) groups excluding carboxylic acids is 3. The minimum absolute atomic E-state index is 0.0964. The van der Waals surface area contributed by atoms with Crippen LogP contribution in [0.3, 0.4) is 0 Å². The molecule has 0 aromatic heterocycles. The van der Waals surface area contributed by atoms with Gasteiger partial charge >= 0.3 is 17.9 Å². The summed E-state index contributed by atoms with van der Waals surface area (Å²) in [5.41, 5.74) is 0. The van der Waals surface area contributed by atoms with Crippen molar-refractivity contribution >= 4 is 17.9 Å². The first-order chi connectivity index (χ1) is 38.0. The molecule has 0 saturated heterocycles. The topological polar surface area (TPSA) is 78.9 Å². The van der Waals surface area contributed by atoms with E-state index in [0.29, 0.717) is 19.3 Å². The summed E-state index contributed by atoms with van der Waals surface area (Å²) in [7, 11) is 0. The molecule has 0 N–H and O–H groups in total. The zero-order valence-electron chi connectivity index (χ0n) is 49.9. The Morgan fingerprint density at radius 3 is 0.792 bits per heavy atom. The van der Waals surface area contributed by atoms with Crippen LogP contribution in [0.5, 0.6) is 0 Å². The van der Waals surface area contributed by atoms with Crippen molar-refractivity contribution in [2.45, 2.75) is 284 Å². The number of allylic oxidation sites excluding steroid dienone is 22. The molecular formula is C71H116O6. The number of unbranched alkanes of at least 4 members (excludes halogenated alkanes) is 23. The van der Waals surface area contributed by atoms with E-state index in [2.05, 4.69) is 154 Å².